The molecule has 0 rings (SSSR count). The van der Waals surface area contributed by atoms with Crippen LogP contribution in [0.15, 0.2) is 0 Å². The largest absolute Gasteiger partial charge is 0.411 e. The molecule has 0 amide bonds. The number of alkyl halides is 5. The minimum atomic E-state index is -4.60. The Morgan fingerprint density at radius 2 is 1.80 bits per heavy atom. The van der Waals surface area contributed by atoms with E-state index < -0.39 is 25.8 Å². The van der Waals surface area contributed by atoms with E-state index in [0.29, 0.717) is 0 Å². The molecule has 0 aromatic rings. The molecule has 0 heterocycles. The van der Waals surface area contributed by atoms with Crippen LogP contribution in [0.1, 0.15) is 0 Å². The molecule has 62 valence electrons. The topological polar surface area (TPSA) is 9.23 Å². The van der Waals surface area contributed by atoms with Crippen LogP contribution in [0.5, 0.6) is 0 Å². The molecule has 10 heavy (non-hydrogen) atoms. The Labute approximate surface area is 53.8 Å². The van der Waals surface area contributed by atoms with Crippen molar-refractivity contribution in [3.8, 4) is 0 Å². The van der Waals surface area contributed by atoms with Gasteiger partial charge in [-0.1, -0.05) is 0 Å². The van der Waals surface area contributed by atoms with Crippen LogP contribution in [-0.4, -0.2) is 25.8 Å². The van der Waals surface area contributed by atoms with E-state index in [9.17, 15) is 22.0 Å². The normalized spacial score (nSPS) is 15.3. The van der Waals surface area contributed by atoms with E-state index in [1.807, 2.05) is 0 Å². The molecule has 1 atom stereocenters. The summed E-state index contributed by atoms with van der Waals surface area (Å²) >= 11 is 0. The molecule has 0 N–H and O–H groups in total. The molecule has 0 fully saturated rings. The van der Waals surface area contributed by atoms with Gasteiger partial charge in [-0.05, 0) is 0 Å². The van der Waals surface area contributed by atoms with Crippen molar-refractivity contribution in [3.05, 3.63) is 0 Å². The van der Waals surface area contributed by atoms with Gasteiger partial charge in [-0.15, -0.1) is 0 Å². The highest BCUT2D eigenvalue weighted by Crippen LogP contribution is 2.15. The van der Waals surface area contributed by atoms with E-state index in [4.69, 9.17) is 0 Å². The number of ether oxygens (including phenoxy) is 1. The quantitative estimate of drug-likeness (QED) is 0.578. The van der Waals surface area contributed by atoms with Crippen molar-refractivity contribution in [2.75, 3.05) is 13.3 Å². The zero-order chi connectivity index (χ0) is 8.20. The molecule has 6 heteroatoms. The summed E-state index contributed by atoms with van der Waals surface area (Å²) < 4.78 is 59.5. The van der Waals surface area contributed by atoms with E-state index in [1.54, 1.807) is 0 Å². The number of halogens is 5. The van der Waals surface area contributed by atoms with Crippen molar-refractivity contribution >= 4 is 0 Å². The summed E-state index contributed by atoms with van der Waals surface area (Å²) in [4.78, 5) is 0. The van der Waals surface area contributed by atoms with Gasteiger partial charge in [-0.2, -0.15) is 13.2 Å². The fourth-order valence-corrected chi connectivity index (χ4v) is 0.229. The molecule has 0 radical (unpaired) electrons. The van der Waals surface area contributed by atoms with Gasteiger partial charge in [-0.3, -0.25) is 0 Å². The second-order valence-electron chi connectivity index (χ2n) is 1.49. The van der Waals surface area contributed by atoms with Crippen LogP contribution in [0.25, 0.3) is 0 Å². The van der Waals surface area contributed by atoms with Gasteiger partial charge in [0.05, 0.1) is 0 Å². The molecule has 0 saturated carbocycles. The Balaban J connectivity index is 3.36. The molecule has 1 nitrogen and oxygen atoms in total. The molecule has 1 unspecified atom stereocenters. The lowest BCUT2D eigenvalue weighted by molar-refractivity contribution is -0.203. The fraction of sp³-hybridized carbons (Fsp3) is 1.00. The van der Waals surface area contributed by atoms with Crippen LogP contribution >= 0.6 is 0 Å². The Morgan fingerprint density at radius 3 is 2.10 bits per heavy atom. The van der Waals surface area contributed by atoms with Crippen molar-refractivity contribution in [2.45, 2.75) is 12.5 Å². The standard InChI is InChI=1S/C4H5F5O/c5-1-3(6)10-2-4(7,8)9/h3H,1-2H2. The third-order valence-corrected chi connectivity index (χ3v) is 0.549. The summed E-state index contributed by atoms with van der Waals surface area (Å²) in [6.45, 7) is -3.31. The zero-order valence-corrected chi connectivity index (χ0v) is 4.79. The smallest absolute Gasteiger partial charge is 0.337 e. The average molecular weight is 164 g/mol. The van der Waals surface area contributed by atoms with E-state index >= 15 is 0 Å². The molecule has 0 aliphatic carbocycles. The molecule has 0 spiro atoms. The number of hydrogen-bond donors (Lipinski definition) is 0. The molecular formula is C4H5F5O. The second kappa shape index (κ2) is 3.70. The highest BCUT2D eigenvalue weighted by molar-refractivity contribution is 4.46. The predicted octanol–water partition coefficient (Wildman–Crippen LogP) is 1.83. The third-order valence-electron chi connectivity index (χ3n) is 0.549. The van der Waals surface area contributed by atoms with Gasteiger partial charge in [-0.25, -0.2) is 8.78 Å². The predicted molar refractivity (Wildman–Crippen MR) is 22.9 cm³/mol. The molecule has 0 aromatic carbocycles. The van der Waals surface area contributed by atoms with Crippen LogP contribution in [-0.2, 0) is 4.74 Å². The Bertz CT molecular complexity index is 90.1. The Kier molecular flexibility index (Phi) is 3.55. The fourth-order valence-electron chi connectivity index (χ4n) is 0.229. The van der Waals surface area contributed by atoms with Crippen molar-refractivity contribution < 1.29 is 26.7 Å². The Hall–Kier alpha value is -0.390. The zero-order valence-electron chi connectivity index (χ0n) is 4.79. The number of rotatable bonds is 3. The lowest BCUT2D eigenvalue weighted by Crippen LogP contribution is -2.21. The Morgan fingerprint density at radius 1 is 1.30 bits per heavy atom. The van der Waals surface area contributed by atoms with Gasteiger partial charge in [0, 0.05) is 0 Å². The van der Waals surface area contributed by atoms with E-state index in [1.165, 1.54) is 0 Å². The van der Waals surface area contributed by atoms with Crippen LogP contribution < -0.4 is 0 Å². The molecule has 0 bridgehead atoms. The van der Waals surface area contributed by atoms with Crippen LogP contribution in [0.2, 0.25) is 0 Å². The summed E-state index contributed by atoms with van der Waals surface area (Å²) in [5.74, 6) is 0. The van der Waals surface area contributed by atoms with Gasteiger partial charge < -0.3 is 4.74 Å². The summed E-state index contributed by atoms with van der Waals surface area (Å²) in [6.07, 6.45) is -7.07. The summed E-state index contributed by atoms with van der Waals surface area (Å²) in [7, 11) is 0. The first-order chi connectivity index (χ1) is 4.45. The SMILES string of the molecule is FCC(F)OCC(F)(F)F. The third kappa shape index (κ3) is 5.74. The maximum Gasteiger partial charge on any atom is 0.411 e. The van der Waals surface area contributed by atoms with Gasteiger partial charge in [0.25, 0.3) is 0 Å². The summed E-state index contributed by atoms with van der Waals surface area (Å²) in [6, 6.07) is 0. The molecule has 0 aliphatic rings. The summed E-state index contributed by atoms with van der Waals surface area (Å²) in [5, 5.41) is 0. The molecule has 0 aromatic heterocycles. The molecular weight excluding hydrogens is 159 g/mol. The minimum absolute atomic E-state index is 1.56. The van der Waals surface area contributed by atoms with Crippen molar-refractivity contribution in [1.29, 1.82) is 0 Å². The van der Waals surface area contributed by atoms with Gasteiger partial charge in [0.15, 0.2) is 0 Å². The van der Waals surface area contributed by atoms with Gasteiger partial charge >= 0.3 is 6.18 Å². The number of hydrogen-bond acceptors (Lipinski definition) is 1. The maximum atomic E-state index is 11.6. The van der Waals surface area contributed by atoms with Gasteiger partial charge in [0.2, 0.25) is 6.36 Å². The van der Waals surface area contributed by atoms with Crippen molar-refractivity contribution in [1.82, 2.24) is 0 Å². The molecule has 0 saturated heterocycles. The van der Waals surface area contributed by atoms with Crippen molar-refractivity contribution in [3.63, 3.8) is 0 Å². The highest BCUT2D eigenvalue weighted by Gasteiger charge is 2.29. The van der Waals surface area contributed by atoms with Crippen LogP contribution in [0.3, 0.4) is 0 Å². The van der Waals surface area contributed by atoms with Crippen LogP contribution in [0, 0.1) is 0 Å². The van der Waals surface area contributed by atoms with E-state index in [0.717, 1.165) is 0 Å². The summed E-state index contributed by atoms with van der Waals surface area (Å²) in [5.41, 5.74) is 0. The first-order valence-corrected chi connectivity index (χ1v) is 2.34. The van der Waals surface area contributed by atoms with E-state index in [2.05, 4.69) is 4.74 Å². The van der Waals surface area contributed by atoms with Crippen LogP contribution in [0.4, 0.5) is 22.0 Å². The minimum Gasteiger partial charge on any atom is -0.337 e. The average Bonchev–Trinajstić information content (AvgIpc) is 1.81. The monoisotopic (exact) mass is 164 g/mol. The lowest BCUT2D eigenvalue weighted by Gasteiger charge is -2.08. The maximum absolute atomic E-state index is 11.6. The lowest BCUT2D eigenvalue weighted by atomic mass is 10.7. The second-order valence-corrected chi connectivity index (χ2v) is 1.49. The highest BCUT2D eigenvalue weighted by atomic mass is 19.4. The molecule has 0 aliphatic heterocycles. The van der Waals surface area contributed by atoms with E-state index in [-0.39, 0.29) is 0 Å². The first-order valence-electron chi connectivity index (χ1n) is 2.34. The van der Waals surface area contributed by atoms with Crippen molar-refractivity contribution in [2.24, 2.45) is 0 Å². The van der Waals surface area contributed by atoms with Gasteiger partial charge in [0.1, 0.15) is 13.3 Å². The first kappa shape index (κ1) is 9.61.